The Hall–Kier alpha value is -0.960. The van der Waals surface area contributed by atoms with E-state index >= 15 is 0 Å². The molecule has 58 valence electrons. The minimum atomic E-state index is 0.488. The third-order valence-electron chi connectivity index (χ3n) is 1.48. The van der Waals surface area contributed by atoms with E-state index in [4.69, 9.17) is 16.3 Å². The summed E-state index contributed by atoms with van der Waals surface area (Å²) in [6.45, 7) is 1.48. The fourth-order valence-electron chi connectivity index (χ4n) is 0.996. The van der Waals surface area contributed by atoms with Gasteiger partial charge in [-0.2, -0.15) is 0 Å². The zero-order chi connectivity index (χ0) is 7.68. The van der Waals surface area contributed by atoms with E-state index < -0.39 is 0 Å². The Morgan fingerprint density at radius 3 is 3.36 bits per heavy atom. The van der Waals surface area contributed by atoms with Gasteiger partial charge in [0.05, 0.1) is 6.54 Å². The van der Waals surface area contributed by atoms with Gasteiger partial charge in [0.1, 0.15) is 11.8 Å². The number of hydrogen-bond acceptors (Lipinski definition) is 3. The van der Waals surface area contributed by atoms with Crippen molar-refractivity contribution in [3.05, 3.63) is 17.3 Å². The molecule has 0 bridgehead atoms. The molecule has 0 saturated carbocycles. The van der Waals surface area contributed by atoms with Crippen molar-refractivity contribution < 1.29 is 4.74 Å². The Bertz CT molecular complexity index is 277. The topological polar surface area (TPSA) is 34.2 Å². The first-order valence-electron chi connectivity index (χ1n) is 3.39. The van der Waals surface area contributed by atoms with Crippen molar-refractivity contribution >= 4 is 17.4 Å². The van der Waals surface area contributed by atoms with Crippen LogP contribution in [0.4, 0.5) is 5.82 Å². The summed E-state index contributed by atoms with van der Waals surface area (Å²) in [5.74, 6) is 1.52. The predicted molar refractivity (Wildman–Crippen MR) is 43.2 cm³/mol. The SMILES string of the molecule is Clc1ccc2c(n1)NCCO2. The number of halogens is 1. The maximum Gasteiger partial charge on any atom is 0.170 e. The van der Waals surface area contributed by atoms with Gasteiger partial charge in [0, 0.05) is 0 Å². The second kappa shape index (κ2) is 2.58. The molecule has 1 N–H and O–H groups in total. The van der Waals surface area contributed by atoms with Crippen LogP contribution in [0.3, 0.4) is 0 Å². The molecule has 0 unspecified atom stereocenters. The van der Waals surface area contributed by atoms with Crippen molar-refractivity contribution in [2.75, 3.05) is 18.5 Å². The molecule has 2 rings (SSSR count). The van der Waals surface area contributed by atoms with E-state index in [-0.39, 0.29) is 0 Å². The summed E-state index contributed by atoms with van der Waals surface area (Å²) in [6, 6.07) is 3.53. The zero-order valence-electron chi connectivity index (χ0n) is 5.80. The van der Waals surface area contributed by atoms with Crippen molar-refractivity contribution in [1.82, 2.24) is 4.98 Å². The van der Waals surface area contributed by atoms with E-state index in [9.17, 15) is 0 Å². The van der Waals surface area contributed by atoms with Gasteiger partial charge >= 0.3 is 0 Å². The maximum atomic E-state index is 5.67. The molecule has 1 aliphatic heterocycles. The maximum absolute atomic E-state index is 5.67. The highest BCUT2D eigenvalue weighted by Crippen LogP contribution is 2.25. The average Bonchev–Trinajstić information content (AvgIpc) is 2.04. The normalized spacial score (nSPS) is 14.6. The Kier molecular flexibility index (Phi) is 1.58. The lowest BCUT2D eigenvalue weighted by Crippen LogP contribution is -2.18. The molecule has 0 aromatic carbocycles. The summed E-state index contributed by atoms with van der Waals surface area (Å²) in [5, 5.41) is 3.57. The quantitative estimate of drug-likeness (QED) is 0.600. The summed E-state index contributed by atoms with van der Waals surface area (Å²) in [5.41, 5.74) is 0. The Balaban J connectivity index is 2.43. The smallest absolute Gasteiger partial charge is 0.170 e. The van der Waals surface area contributed by atoms with Crippen molar-refractivity contribution in [2.24, 2.45) is 0 Å². The number of anilines is 1. The van der Waals surface area contributed by atoms with Crippen LogP contribution >= 0.6 is 11.6 Å². The Morgan fingerprint density at radius 2 is 2.45 bits per heavy atom. The second-order valence-corrected chi connectivity index (χ2v) is 2.64. The first-order valence-corrected chi connectivity index (χ1v) is 3.77. The number of fused-ring (bicyclic) bond motifs is 1. The summed E-state index contributed by atoms with van der Waals surface area (Å²) < 4.78 is 5.29. The number of nitrogens with one attached hydrogen (secondary N) is 1. The minimum Gasteiger partial charge on any atom is -0.488 e. The lowest BCUT2D eigenvalue weighted by atomic mass is 10.4. The lowest BCUT2D eigenvalue weighted by Gasteiger charge is -2.17. The van der Waals surface area contributed by atoms with Gasteiger partial charge in [-0.1, -0.05) is 11.6 Å². The average molecular weight is 171 g/mol. The van der Waals surface area contributed by atoms with E-state index in [1.807, 2.05) is 6.07 Å². The highest BCUT2D eigenvalue weighted by Gasteiger charge is 2.09. The van der Waals surface area contributed by atoms with Crippen LogP contribution in [0.2, 0.25) is 5.15 Å². The van der Waals surface area contributed by atoms with E-state index in [0.717, 1.165) is 18.1 Å². The first-order chi connectivity index (χ1) is 5.36. The summed E-state index contributed by atoms with van der Waals surface area (Å²) in [6.07, 6.45) is 0. The van der Waals surface area contributed by atoms with Crippen LogP contribution in [0.15, 0.2) is 12.1 Å². The molecule has 11 heavy (non-hydrogen) atoms. The molecule has 0 radical (unpaired) electrons. The molecule has 0 spiro atoms. The molecule has 3 nitrogen and oxygen atoms in total. The molecule has 2 heterocycles. The number of nitrogens with zero attached hydrogens (tertiary/aromatic N) is 1. The third-order valence-corrected chi connectivity index (χ3v) is 1.69. The number of hydrogen-bond donors (Lipinski definition) is 1. The van der Waals surface area contributed by atoms with E-state index in [2.05, 4.69) is 10.3 Å². The molecule has 0 saturated heterocycles. The van der Waals surface area contributed by atoms with Gasteiger partial charge in [0.15, 0.2) is 11.6 Å². The number of ether oxygens (including phenoxy) is 1. The minimum absolute atomic E-state index is 0.488. The predicted octanol–water partition coefficient (Wildman–Crippen LogP) is 1.54. The van der Waals surface area contributed by atoms with Gasteiger partial charge in [0.2, 0.25) is 0 Å². The molecule has 4 heteroatoms. The number of pyridine rings is 1. The lowest BCUT2D eigenvalue weighted by molar-refractivity contribution is 0.321. The molecule has 0 atom stereocenters. The van der Waals surface area contributed by atoms with Gasteiger partial charge in [-0.25, -0.2) is 4.98 Å². The van der Waals surface area contributed by atoms with Crippen molar-refractivity contribution in [3.8, 4) is 5.75 Å². The molecule has 1 aromatic rings. The third kappa shape index (κ3) is 1.24. The second-order valence-electron chi connectivity index (χ2n) is 2.26. The molecular weight excluding hydrogens is 164 g/mol. The molecular formula is C7H7ClN2O. The highest BCUT2D eigenvalue weighted by molar-refractivity contribution is 6.29. The van der Waals surface area contributed by atoms with E-state index in [0.29, 0.717) is 11.8 Å². The van der Waals surface area contributed by atoms with Crippen LogP contribution in [0, 0.1) is 0 Å². The van der Waals surface area contributed by atoms with Crippen LogP contribution in [0.5, 0.6) is 5.75 Å². The van der Waals surface area contributed by atoms with Gasteiger partial charge in [-0.05, 0) is 12.1 Å². The van der Waals surface area contributed by atoms with Gasteiger partial charge in [-0.15, -0.1) is 0 Å². The van der Waals surface area contributed by atoms with Gasteiger partial charge in [0.25, 0.3) is 0 Å². The van der Waals surface area contributed by atoms with Crippen LogP contribution in [-0.4, -0.2) is 18.1 Å². The van der Waals surface area contributed by atoms with E-state index in [1.165, 1.54) is 0 Å². The zero-order valence-corrected chi connectivity index (χ0v) is 6.56. The molecule has 1 aromatic heterocycles. The van der Waals surface area contributed by atoms with Gasteiger partial charge < -0.3 is 10.1 Å². The van der Waals surface area contributed by atoms with E-state index in [1.54, 1.807) is 6.07 Å². The number of rotatable bonds is 0. The van der Waals surface area contributed by atoms with Gasteiger partial charge in [-0.3, -0.25) is 0 Å². The van der Waals surface area contributed by atoms with Crippen LogP contribution < -0.4 is 10.1 Å². The first kappa shape index (κ1) is 6.73. The largest absolute Gasteiger partial charge is 0.488 e. The summed E-state index contributed by atoms with van der Waals surface area (Å²) in [4.78, 5) is 4.04. The highest BCUT2D eigenvalue weighted by atomic mass is 35.5. The fraction of sp³-hybridized carbons (Fsp3) is 0.286. The summed E-state index contributed by atoms with van der Waals surface area (Å²) >= 11 is 5.67. The van der Waals surface area contributed by atoms with Crippen LogP contribution in [0.25, 0.3) is 0 Å². The van der Waals surface area contributed by atoms with Crippen LogP contribution in [-0.2, 0) is 0 Å². The molecule has 1 aliphatic rings. The Morgan fingerprint density at radius 1 is 1.55 bits per heavy atom. The molecule has 0 fully saturated rings. The standard InChI is InChI=1S/C7H7ClN2O/c8-6-2-1-5-7(10-6)9-3-4-11-5/h1-2H,3-4H2,(H,9,10). The Labute approximate surface area is 69.3 Å². The molecule has 0 amide bonds. The summed E-state index contributed by atoms with van der Waals surface area (Å²) in [7, 11) is 0. The van der Waals surface area contributed by atoms with Crippen molar-refractivity contribution in [1.29, 1.82) is 0 Å². The van der Waals surface area contributed by atoms with Crippen molar-refractivity contribution in [2.45, 2.75) is 0 Å². The van der Waals surface area contributed by atoms with Crippen molar-refractivity contribution in [3.63, 3.8) is 0 Å². The molecule has 0 aliphatic carbocycles. The van der Waals surface area contributed by atoms with Crippen LogP contribution in [0.1, 0.15) is 0 Å². The fourth-order valence-corrected chi connectivity index (χ4v) is 1.14. The number of aromatic nitrogens is 1. The monoisotopic (exact) mass is 170 g/mol.